The first kappa shape index (κ1) is 20.3. The van der Waals surface area contributed by atoms with Crippen LogP contribution in [-0.2, 0) is 0 Å². The predicted octanol–water partition coefficient (Wildman–Crippen LogP) is 5.61. The molecule has 0 saturated carbocycles. The number of rotatable bonds is 5. The summed E-state index contributed by atoms with van der Waals surface area (Å²) in [7, 11) is 0. The van der Waals surface area contributed by atoms with E-state index in [1.165, 1.54) is 25.1 Å². The number of carboxylic acid groups (broad SMARTS) is 1. The molecule has 0 bridgehead atoms. The van der Waals surface area contributed by atoms with Crippen molar-refractivity contribution in [2.45, 2.75) is 13.0 Å². The molecule has 0 saturated heterocycles. The zero-order valence-corrected chi connectivity index (χ0v) is 16.4. The van der Waals surface area contributed by atoms with Gasteiger partial charge in [-0.1, -0.05) is 42.5 Å². The first-order valence-corrected chi connectivity index (χ1v) is 9.47. The van der Waals surface area contributed by atoms with Gasteiger partial charge >= 0.3 is 5.97 Å². The number of aromatic carboxylic acids is 1. The van der Waals surface area contributed by atoms with Gasteiger partial charge < -0.3 is 14.8 Å². The highest BCUT2D eigenvalue weighted by atomic mass is 19.2. The number of carbonyl (C=O) groups is 1. The Morgan fingerprint density at radius 1 is 1.03 bits per heavy atom. The lowest BCUT2D eigenvalue weighted by Gasteiger charge is -2.19. The van der Waals surface area contributed by atoms with E-state index in [1.807, 2.05) is 0 Å². The molecule has 7 heteroatoms. The third kappa shape index (κ3) is 3.77. The van der Waals surface area contributed by atoms with Crippen LogP contribution in [0.15, 0.2) is 75.9 Å². The van der Waals surface area contributed by atoms with Crippen LogP contribution < -0.4 is 10.7 Å². The molecule has 0 aliphatic heterocycles. The van der Waals surface area contributed by atoms with Gasteiger partial charge in [-0.15, -0.1) is 0 Å². The van der Waals surface area contributed by atoms with Crippen molar-refractivity contribution >= 4 is 22.6 Å². The summed E-state index contributed by atoms with van der Waals surface area (Å²) < 4.78 is 35.1. The number of hydrogen-bond donors (Lipinski definition) is 2. The fraction of sp³-hybridized carbons (Fsp3) is 0.0833. The monoisotopic (exact) mass is 421 g/mol. The van der Waals surface area contributed by atoms with Crippen LogP contribution in [0.4, 0.5) is 14.5 Å². The second-order valence-corrected chi connectivity index (χ2v) is 7.02. The largest absolute Gasteiger partial charge is 0.478 e. The molecule has 1 aromatic heterocycles. The Kier molecular flexibility index (Phi) is 5.25. The number of benzene rings is 3. The van der Waals surface area contributed by atoms with Crippen LogP contribution in [-0.4, -0.2) is 11.1 Å². The summed E-state index contributed by atoms with van der Waals surface area (Å²) in [4.78, 5) is 24.2. The smallest absolute Gasteiger partial charge is 0.337 e. The van der Waals surface area contributed by atoms with Crippen molar-refractivity contribution in [2.75, 3.05) is 5.32 Å². The number of nitrogens with one attached hydrogen (secondary N) is 1. The average Bonchev–Trinajstić information content (AvgIpc) is 2.76. The van der Waals surface area contributed by atoms with Gasteiger partial charge in [0.15, 0.2) is 17.1 Å². The number of anilines is 1. The number of para-hydroxylation sites is 1. The number of carboxylic acids is 1. The van der Waals surface area contributed by atoms with E-state index >= 15 is 0 Å². The summed E-state index contributed by atoms with van der Waals surface area (Å²) in [5.74, 6) is -3.32. The molecule has 5 nitrogen and oxygen atoms in total. The lowest BCUT2D eigenvalue weighted by atomic mass is 10.0. The molecule has 0 spiro atoms. The Balaban J connectivity index is 1.90. The third-order valence-electron chi connectivity index (χ3n) is 4.97. The maximum atomic E-state index is 14.9. The quantitative estimate of drug-likeness (QED) is 0.438. The fourth-order valence-corrected chi connectivity index (χ4v) is 3.49. The van der Waals surface area contributed by atoms with Crippen LogP contribution in [0.1, 0.15) is 28.9 Å². The van der Waals surface area contributed by atoms with Gasteiger partial charge in [0.1, 0.15) is 11.3 Å². The molecule has 0 fully saturated rings. The van der Waals surface area contributed by atoms with Gasteiger partial charge in [-0.3, -0.25) is 4.79 Å². The lowest BCUT2D eigenvalue weighted by molar-refractivity contribution is 0.0698. The van der Waals surface area contributed by atoms with Gasteiger partial charge in [0.2, 0.25) is 0 Å². The number of fused-ring (bicyclic) bond motifs is 1. The van der Waals surface area contributed by atoms with Gasteiger partial charge in [0.05, 0.1) is 22.6 Å². The van der Waals surface area contributed by atoms with Crippen molar-refractivity contribution in [3.8, 4) is 11.3 Å². The SMILES string of the molecule is CC(Nc1ccccc1C(=O)O)c1c(F)c(F)cc2c(=O)cc(-c3ccccc3)oc12. The van der Waals surface area contributed by atoms with Crippen LogP contribution in [0.25, 0.3) is 22.3 Å². The minimum absolute atomic E-state index is 0.0260. The fourth-order valence-electron chi connectivity index (χ4n) is 3.49. The van der Waals surface area contributed by atoms with Crippen molar-refractivity contribution in [3.05, 3.63) is 99.7 Å². The Labute approximate surface area is 175 Å². The maximum absolute atomic E-state index is 14.9. The molecule has 4 aromatic rings. The van der Waals surface area contributed by atoms with Crippen LogP contribution in [0.5, 0.6) is 0 Å². The van der Waals surface area contributed by atoms with Crippen LogP contribution in [0.2, 0.25) is 0 Å². The first-order valence-electron chi connectivity index (χ1n) is 9.47. The second kappa shape index (κ2) is 8.02. The second-order valence-electron chi connectivity index (χ2n) is 7.02. The predicted molar refractivity (Wildman–Crippen MR) is 113 cm³/mol. The standard InChI is InChI=1S/C24H17F2NO4/c1-13(27-18-10-6-5-9-15(18)24(29)30)21-22(26)17(25)11-16-19(28)12-20(31-23(16)21)14-7-3-2-4-8-14/h2-13,27H,1H3,(H,29,30). The summed E-state index contributed by atoms with van der Waals surface area (Å²) in [6.07, 6.45) is 0. The Hall–Kier alpha value is -4.00. The normalized spacial score (nSPS) is 12.0. The molecular weight excluding hydrogens is 404 g/mol. The molecule has 1 atom stereocenters. The first-order chi connectivity index (χ1) is 14.9. The minimum Gasteiger partial charge on any atom is -0.478 e. The molecule has 156 valence electrons. The zero-order chi connectivity index (χ0) is 22.1. The van der Waals surface area contributed by atoms with E-state index in [4.69, 9.17) is 4.42 Å². The van der Waals surface area contributed by atoms with Crippen LogP contribution >= 0.6 is 0 Å². The zero-order valence-electron chi connectivity index (χ0n) is 16.4. The van der Waals surface area contributed by atoms with Crippen molar-refractivity contribution in [1.29, 1.82) is 0 Å². The van der Waals surface area contributed by atoms with Gasteiger partial charge in [-0.2, -0.15) is 0 Å². The molecule has 0 radical (unpaired) electrons. The van der Waals surface area contributed by atoms with E-state index in [-0.39, 0.29) is 33.5 Å². The molecule has 1 heterocycles. The highest BCUT2D eigenvalue weighted by molar-refractivity contribution is 5.94. The highest BCUT2D eigenvalue weighted by Crippen LogP contribution is 2.33. The molecule has 2 N–H and O–H groups in total. The molecule has 0 aliphatic carbocycles. The van der Waals surface area contributed by atoms with Crippen LogP contribution in [0.3, 0.4) is 0 Å². The average molecular weight is 421 g/mol. The Morgan fingerprint density at radius 2 is 1.71 bits per heavy atom. The van der Waals surface area contributed by atoms with Gasteiger partial charge in [-0.25, -0.2) is 13.6 Å². The summed E-state index contributed by atoms with van der Waals surface area (Å²) in [6, 6.07) is 16.0. The molecule has 31 heavy (non-hydrogen) atoms. The minimum atomic E-state index is -1.19. The summed E-state index contributed by atoms with van der Waals surface area (Å²) in [5, 5.41) is 12.2. The van der Waals surface area contributed by atoms with Gasteiger partial charge in [-0.05, 0) is 25.1 Å². The van der Waals surface area contributed by atoms with E-state index < -0.39 is 29.1 Å². The van der Waals surface area contributed by atoms with E-state index in [1.54, 1.807) is 42.5 Å². The Bertz CT molecular complexity index is 1350. The lowest BCUT2D eigenvalue weighted by Crippen LogP contribution is -2.15. The van der Waals surface area contributed by atoms with E-state index in [9.17, 15) is 23.5 Å². The molecule has 0 amide bonds. The van der Waals surface area contributed by atoms with Gasteiger partial charge in [0, 0.05) is 17.3 Å². The van der Waals surface area contributed by atoms with Crippen molar-refractivity contribution < 1.29 is 23.1 Å². The highest BCUT2D eigenvalue weighted by Gasteiger charge is 2.24. The van der Waals surface area contributed by atoms with Crippen LogP contribution in [0, 0.1) is 11.6 Å². The van der Waals surface area contributed by atoms with Crippen molar-refractivity contribution in [3.63, 3.8) is 0 Å². The van der Waals surface area contributed by atoms with Gasteiger partial charge in [0.25, 0.3) is 0 Å². The molecular formula is C24H17F2NO4. The molecule has 0 aliphatic rings. The Morgan fingerprint density at radius 3 is 2.42 bits per heavy atom. The summed E-state index contributed by atoms with van der Waals surface area (Å²) in [5.41, 5.74) is -0.0155. The van der Waals surface area contributed by atoms with Crippen molar-refractivity contribution in [1.82, 2.24) is 0 Å². The maximum Gasteiger partial charge on any atom is 0.337 e. The van der Waals surface area contributed by atoms with E-state index in [0.717, 1.165) is 6.07 Å². The van der Waals surface area contributed by atoms with E-state index in [0.29, 0.717) is 5.56 Å². The molecule has 4 rings (SSSR count). The van der Waals surface area contributed by atoms with Crippen molar-refractivity contribution in [2.24, 2.45) is 0 Å². The number of halogens is 2. The van der Waals surface area contributed by atoms with E-state index in [2.05, 4.69) is 5.32 Å². The molecule has 1 unspecified atom stereocenters. The summed E-state index contributed by atoms with van der Waals surface area (Å²) in [6.45, 7) is 1.53. The molecule has 3 aromatic carbocycles. The summed E-state index contributed by atoms with van der Waals surface area (Å²) >= 11 is 0. The third-order valence-corrected chi connectivity index (χ3v) is 4.97. The number of hydrogen-bond acceptors (Lipinski definition) is 4. The topological polar surface area (TPSA) is 79.5 Å².